The van der Waals surface area contributed by atoms with Crippen LogP contribution in [0.3, 0.4) is 0 Å². The van der Waals surface area contributed by atoms with Crippen LogP contribution in [0.15, 0.2) is 17.5 Å². The summed E-state index contributed by atoms with van der Waals surface area (Å²) < 4.78 is 4.93. The lowest BCUT2D eigenvalue weighted by Gasteiger charge is -2.04. The van der Waals surface area contributed by atoms with Gasteiger partial charge in [0.25, 0.3) is 0 Å². The second kappa shape index (κ2) is 9.69. The molecule has 0 unspecified atom stereocenters. The first-order valence-electron chi connectivity index (χ1n) is 6.56. The monoisotopic (exact) mass is 283 g/mol. The first-order valence-corrected chi connectivity index (χ1v) is 7.44. The number of Topliss-reactive ketones (excluding diaryl/α,β-unsaturated/α-hetero) is 1. The van der Waals surface area contributed by atoms with Gasteiger partial charge in [0.1, 0.15) is 0 Å². The number of amides is 1. The summed E-state index contributed by atoms with van der Waals surface area (Å²) in [5.41, 5.74) is 0. The maximum absolute atomic E-state index is 11.7. The highest BCUT2D eigenvalue weighted by Gasteiger charge is 2.08. The molecule has 5 heteroatoms. The van der Waals surface area contributed by atoms with Gasteiger partial charge < -0.3 is 10.1 Å². The second-order valence-corrected chi connectivity index (χ2v) is 5.25. The smallest absolute Gasteiger partial charge is 0.220 e. The highest BCUT2D eigenvalue weighted by molar-refractivity contribution is 7.12. The molecule has 0 aliphatic carbocycles. The lowest BCUT2D eigenvalue weighted by Crippen LogP contribution is -2.24. The van der Waals surface area contributed by atoms with E-state index in [1.165, 1.54) is 11.3 Å². The Kier molecular flexibility index (Phi) is 8.09. The Morgan fingerprint density at radius 3 is 2.79 bits per heavy atom. The molecule has 4 nitrogen and oxygen atoms in total. The van der Waals surface area contributed by atoms with E-state index >= 15 is 0 Å². The normalized spacial score (nSPS) is 10.4. The Bertz CT molecular complexity index is 376. The van der Waals surface area contributed by atoms with Crippen LogP contribution in [-0.2, 0) is 9.53 Å². The van der Waals surface area contributed by atoms with Crippen molar-refractivity contribution in [1.29, 1.82) is 0 Å². The van der Waals surface area contributed by atoms with Crippen molar-refractivity contribution in [1.82, 2.24) is 5.32 Å². The number of ether oxygens (including phenoxy) is 1. The van der Waals surface area contributed by atoms with Gasteiger partial charge in [0, 0.05) is 33.1 Å². The fraction of sp³-hybridized carbons (Fsp3) is 0.571. The predicted molar refractivity (Wildman–Crippen MR) is 76.6 cm³/mol. The van der Waals surface area contributed by atoms with Crippen molar-refractivity contribution >= 4 is 23.0 Å². The predicted octanol–water partition coefficient (Wildman–Crippen LogP) is 2.64. The van der Waals surface area contributed by atoms with Crippen molar-refractivity contribution in [2.75, 3.05) is 20.3 Å². The Balaban J connectivity index is 2.02. The zero-order valence-electron chi connectivity index (χ0n) is 11.3. The Labute approximate surface area is 118 Å². The van der Waals surface area contributed by atoms with E-state index in [2.05, 4.69) is 5.32 Å². The van der Waals surface area contributed by atoms with Gasteiger partial charge in [0.2, 0.25) is 5.91 Å². The van der Waals surface area contributed by atoms with Crippen molar-refractivity contribution < 1.29 is 14.3 Å². The molecule has 1 rings (SSSR count). The molecule has 0 fully saturated rings. The number of thiophene rings is 1. The molecule has 0 aromatic carbocycles. The number of rotatable bonds is 10. The van der Waals surface area contributed by atoms with Gasteiger partial charge in [-0.1, -0.05) is 6.07 Å². The minimum atomic E-state index is 0.0244. The highest BCUT2D eigenvalue weighted by Crippen LogP contribution is 2.12. The molecule has 0 aliphatic rings. The topological polar surface area (TPSA) is 55.4 Å². The molecule has 19 heavy (non-hydrogen) atoms. The van der Waals surface area contributed by atoms with Crippen LogP contribution in [0.5, 0.6) is 0 Å². The Morgan fingerprint density at radius 2 is 2.11 bits per heavy atom. The summed E-state index contributed by atoms with van der Waals surface area (Å²) in [4.78, 5) is 24.0. The largest absolute Gasteiger partial charge is 0.385 e. The molecule has 0 bridgehead atoms. The number of nitrogens with one attached hydrogen (secondary N) is 1. The molecule has 1 amide bonds. The van der Waals surface area contributed by atoms with Gasteiger partial charge in [-0.15, -0.1) is 11.3 Å². The number of hydrogen-bond acceptors (Lipinski definition) is 4. The molecule has 0 radical (unpaired) electrons. The van der Waals surface area contributed by atoms with Crippen LogP contribution in [0.25, 0.3) is 0 Å². The maximum Gasteiger partial charge on any atom is 0.220 e. The van der Waals surface area contributed by atoms with E-state index in [4.69, 9.17) is 4.74 Å². The van der Waals surface area contributed by atoms with Gasteiger partial charge in [-0.2, -0.15) is 0 Å². The minimum Gasteiger partial charge on any atom is -0.385 e. The summed E-state index contributed by atoms with van der Waals surface area (Å²) in [6.45, 7) is 1.41. The van der Waals surface area contributed by atoms with Gasteiger partial charge in [-0.3, -0.25) is 9.59 Å². The van der Waals surface area contributed by atoms with Crippen molar-refractivity contribution in [2.45, 2.75) is 32.1 Å². The Morgan fingerprint density at radius 1 is 1.26 bits per heavy atom. The van der Waals surface area contributed by atoms with E-state index in [1.807, 2.05) is 17.5 Å². The summed E-state index contributed by atoms with van der Waals surface area (Å²) >= 11 is 1.45. The lowest BCUT2D eigenvalue weighted by molar-refractivity contribution is -0.121. The molecule has 0 saturated heterocycles. The van der Waals surface area contributed by atoms with E-state index in [9.17, 15) is 9.59 Å². The molecule has 1 heterocycles. The van der Waals surface area contributed by atoms with E-state index in [1.54, 1.807) is 7.11 Å². The second-order valence-electron chi connectivity index (χ2n) is 4.30. The Hall–Kier alpha value is -1.20. The van der Waals surface area contributed by atoms with Crippen molar-refractivity contribution in [2.24, 2.45) is 0 Å². The summed E-state index contributed by atoms with van der Waals surface area (Å²) in [7, 11) is 1.67. The first-order chi connectivity index (χ1) is 9.24. The van der Waals surface area contributed by atoms with E-state index in [0.29, 0.717) is 25.8 Å². The first kappa shape index (κ1) is 15.9. The lowest BCUT2D eigenvalue weighted by atomic mass is 10.1. The van der Waals surface area contributed by atoms with Gasteiger partial charge in [0.05, 0.1) is 4.88 Å². The van der Waals surface area contributed by atoms with Gasteiger partial charge in [0.15, 0.2) is 5.78 Å². The number of methoxy groups -OCH3 is 1. The molecule has 0 saturated carbocycles. The van der Waals surface area contributed by atoms with Crippen LogP contribution in [0, 0.1) is 0 Å². The minimum absolute atomic E-state index is 0.0244. The summed E-state index contributed by atoms with van der Waals surface area (Å²) in [6, 6.07) is 3.69. The molecule has 0 aliphatic heterocycles. The van der Waals surface area contributed by atoms with E-state index < -0.39 is 0 Å². The fourth-order valence-electron chi connectivity index (χ4n) is 1.66. The van der Waals surface area contributed by atoms with Crippen LogP contribution >= 0.6 is 11.3 Å². The van der Waals surface area contributed by atoms with Crippen LogP contribution in [0.1, 0.15) is 41.8 Å². The maximum atomic E-state index is 11.7. The summed E-state index contributed by atoms with van der Waals surface area (Å²) in [5, 5.41) is 4.74. The molecular weight excluding hydrogens is 262 g/mol. The fourth-order valence-corrected chi connectivity index (χ4v) is 2.35. The zero-order chi connectivity index (χ0) is 13.9. The summed E-state index contributed by atoms with van der Waals surface area (Å²) in [5.74, 6) is 0.152. The van der Waals surface area contributed by atoms with E-state index in [-0.39, 0.29) is 11.7 Å². The van der Waals surface area contributed by atoms with Crippen molar-refractivity contribution in [3.8, 4) is 0 Å². The van der Waals surface area contributed by atoms with Gasteiger partial charge in [-0.25, -0.2) is 0 Å². The van der Waals surface area contributed by atoms with Crippen molar-refractivity contribution in [3.05, 3.63) is 22.4 Å². The molecule has 1 aromatic heterocycles. The van der Waals surface area contributed by atoms with Crippen LogP contribution in [0.4, 0.5) is 0 Å². The van der Waals surface area contributed by atoms with Crippen molar-refractivity contribution in [3.63, 3.8) is 0 Å². The standard InChI is InChI=1S/C14H21NO3S/c1-18-10-3-2-9-15-14(17)8-4-6-12(16)13-7-5-11-19-13/h5,7,11H,2-4,6,8-10H2,1H3,(H,15,17). The average molecular weight is 283 g/mol. The number of carbonyl (C=O) groups excluding carboxylic acids is 2. The summed E-state index contributed by atoms with van der Waals surface area (Å²) in [6.07, 6.45) is 3.35. The van der Waals surface area contributed by atoms with Crippen LogP contribution < -0.4 is 5.32 Å². The SMILES string of the molecule is COCCCCNC(=O)CCCC(=O)c1cccs1. The molecule has 0 atom stereocenters. The molecule has 106 valence electrons. The average Bonchev–Trinajstić information content (AvgIpc) is 2.92. The third-order valence-electron chi connectivity index (χ3n) is 2.70. The zero-order valence-corrected chi connectivity index (χ0v) is 12.1. The molecule has 0 spiro atoms. The quantitative estimate of drug-likeness (QED) is 0.530. The highest BCUT2D eigenvalue weighted by atomic mass is 32.1. The van der Waals surface area contributed by atoms with E-state index in [0.717, 1.165) is 24.3 Å². The third kappa shape index (κ3) is 7.08. The van der Waals surface area contributed by atoms with Crippen LogP contribution in [-0.4, -0.2) is 32.0 Å². The number of hydrogen-bond donors (Lipinski definition) is 1. The molecular formula is C14H21NO3S. The number of ketones is 1. The molecule has 1 N–H and O–H groups in total. The van der Waals surface area contributed by atoms with Gasteiger partial charge in [-0.05, 0) is 30.7 Å². The third-order valence-corrected chi connectivity index (χ3v) is 3.61. The van der Waals surface area contributed by atoms with Crippen LogP contribution in [0.2, 0.25) is 0 Å². The van der Waals surface area contributed by atoms with Gasteiger partial charge >= 0.3 is 0 Å². The number of carbonyl (C=O) groups is 2. The molecule has 1 aromatic rings. The number of unbranched alkanes of at least 4 members (excludes halogenated alkanes) is 1.